The molecule has 1 amide bonds. The standard InChI is InChI=1S/C26H28ClN3O2/c1-19-12-14-29(15-13-19)16-20-6-9-23(10-7-20)28-26(32)22-8-11-25(31)30(18-22)17-21-4-2-3-5-24(21)27/h2-11,18-19H,12-17H2,1H3,(H,28,32). The number of halogens is 1. The molecule has 0 saturated carbocycles. The van der Waals surface area contributed by atoms with E-state index in [1.807, 2.05) is 30.3 Å². The van der Waals surface area contributed by atoms with E-state index in [1.54, 1.807) is 18.3 Å². The van der Waals surface area contributed by atoms with Crippen LogP contribution in [0.3, 0.4) is 0 Å². The number of hydrogen-bond donors (Lipinski definition) is 1. The average molecular weight is 450 g/mol. The Hall–Kier alpha value is -2.89. The van der Waals surface area contributed by atoms with Crippen LogP contribution >= 0.6 is 11.6 Å². The van der Waals surface area contributed by atoms with E-state index in [2.05, 4.69) is 29.3 Å². The van der Waals surface area contributed by atoms with Crippen LogP contribution in [0.15, 0.2) is 71.7 Å². The van der Waals surface area contributed by atoms with Gasteiger partial charge in [-0.1, -0.05) is 48.9 Å². The average Bonchev–Trinajstić information content (AvgIpc) is 2.79. The predicted molar refractivity (Wildman–Crippen MR) is 129 cm³/mol. The number of carbonyl (C=O) groups is 1. The fraction of sp³-hybridized carbons (Fsp3) is 0.308. The number of benzene rings is 2. The Morgan fingerprint density at radius 1 is 1.00 bits per heavy atom. The van der Waals surface area contributed by atoms with Gasteiger partial charge in [0, 0.05) is 29.5 Å². The molecule has 5 nitrogen and oxygen atoms in total. The van der Waals surface area contributed by atoms with E-state index >= 15 is 0 Å². The van der Waals surface area contributed by atoms with Crippen LogP contribution in [0, 0.1) is 5.92 Å². The van der Waals surface area contributed by atoms with E-state index in [1.165, 1.54) is 29.0 Å². The lowest BCUT2D eigenvalue weighted by Gasteiger charge is -2.30. The first kappa shape index (κ1) is 22.3. The zero-order valence-electron chi connectivity index (χ0n) is 18.3. The molecule has 0 unspecified atom stereocenters. The molecule has 0 atom stereocenters. The number of rotatable bonds is 6. The summed E-state index contributed by atoms with van der Waals surface area (Å²) in [5, 5.41) is 3.51. The topological polar surface area (TPSA) is 54.3 Å². The Bertz CT molecular complexity index is 1130. The fourth-order valence-electron chi connectivity index (χ4n) is 3.97. The smallest absolute Gasteiger partial charge is 0.257 e. The first-order chi connectivity index (χ1) is 15.5. The van der Waals surface area contributed by atoms with Gasteiger partial charge in [-0.3, -0.25) is 14.5 Å². The van der Waals surface area contributed by atoms with Gasteiger partial charge in [0.15, 0.2) is 0 Å². The van der Waals surface area contributed by atoms with Crippen LogP contribution in [0.5, 0.6) is 0 Å². The summed E-state index contributed by atoms with van der Waals surface area (Å²) in [7, 11) is 0. The van der Waals surface area contributed by atoms with Crippen LogP contribution in [0.1, 0.15) is 41.3 Å². The molecule has 1 N–H and O–H groups in total. The first-order valence-corrected chi connectivity index (χ1v) is 11.4. The lowest BCUT2D eigenvalue weighted by Crippen LogP contribution is -2.32. The van der Waals surface area contributed by atoms with Gasteiger partial charge in [0.25, 0.3) is 11.5 Å². The third kappa shape index (κ3) is 5.67. The number of carbonyl (C=O) groups excluding carboxylic acids is 1. The van der Waals surface area contributed by atoms with Crippen molar-refractivity contribution in [2.45, 2.75) is 32.9 Å². The molecule has 32 heavy (non-hydrogen) atoms. The Morgan fingerprint density at radius 3 is 2.44 bits per heavy atom. The van der Waals surface area contributed by atoms with E-state index in [4.69, 9.17) is 11.6 Å². The summed E-state index contributed by atoms with van der Waals surface area (Å²) in [5.74, 6) is 0.568. The third-order valence-corrected chi connectivity index (χ3v) is 6.41. The Labute approximate surface area is 193 Å². The number of anilines is 1. The fourth-order valence-corrected chi connectivity index (χ4v) is 4.17. The van der Waals surface area contributed by atoms with Gasteiger partial charge in [0.1, 0.15) is 0 Å². The van der Waals surface area contributed by atoms with Crippen molar-refractivity contribution in [3.8, 4) is 0 Å². The molecular weight excluding hydrogens is 422 g/mol. The molecule has 1 aromatic heterocycles. The molecule has 1 saturated heterocycles. The van der Waals surface area contributed by atoms with Gasteiger partial charge in [0.05, 0.1) is 12.1 Å². The van der Waals surface area contributed by atoms with Crippen LogP contribution in [0.2, 0.25) is 5.02 Å². The zero-order valence-corrected chi connectivity index (χ0v) is 19.0. The molecule has 0 spiro atoms. The van der Waals surface area contributed by atoms with Crippen LogP contribution in [-0.4, -0.2) is 28.5 Å². The van der Waals surface area contributed by atoms with Crippen molar-refractivity contribution in [1.82, 2.24) is 9.47 Å². The van der Waals surface area contributed by atoms with E-state index < -0.39 is 0 Å². The molecule has 3 aromatic rings. The van der Waals surface area contributed by atoms with Crippen molar-refractivity contribution in [3.05, 3.63) is 98.9 Å². The van der Waals surface area contributed by atoms with Crippen molar-refractivity contribution < 1.29 is 4.79 Å². The second kappa shape index (κ2) is 10.2. The molecule has 0 radical (unpaired) electrons. The molecule has 1 aliphatic rings. The Kier molecular flexibility index (Phi) is 7.08. The molecule has 4 rings (SSSR count). The largest absolute Gasteiger partial charge is 0.322 e. The van der Waals surface area contributed by atoms with Gasteiger partial charge >= 0.3 is 0 Å². The molecule has 2 heterocycles. The summed E-state index contributed by atoms with van der Waals surface area (Å²) in [6.45, 7) is 5.85. The highest BCUT2D eigenvalue weighted by atomic mass is 35.5. The van der Waals surface area contributed by atoms with Gasteiger partial charge < -0.3 is 9.88 Å². The number of nitrogens with zero attached hydrogens (tertiary/aromatic N) is 2. The van der Waals surface area contributed by atoms with E-state index in [0.29, 0.717) is 17.1 Å². The van der Waals surface area contributed by atoms with Crippen molar-refractivity contribution >= 4 is 23.2 Å². The number of piperidine rings is 1. The minimum absolute atomic E-state index is 0.182. The lowest BCUT2D eigenvalue weighted by molar-refractivity contribution is 0.102. The lowest BCUT2D eigenvalue weighted by atomic mass is 9.99. The summed E-state index contributed by atoms with van der Waals surface area (Å²) in [6, 6.07) is 18.3. The molecule has 0 bridgehead atoms. The summed E-state index contributed by atoms with van der Waals surface area (Å²) in [5.41, 5.74) is 3.04. The van der Waals surface area contributed by atoms with Crippen LogP contribution in [0.4, 0.5) is 5.69 Å². The highest BCUT2D eigenvalue weighted by molar-refractivity contribution is 6.31. The number of nitrogens with one attached hydrogen (secondary N) is 1. The van der Waals surface area contributed by atoms with Gasteiger partial charge in [-0.15, -0.1) is 0 Å². The van der Waals surface area contributed by atoms with Gasteiger partial charge in [0.2, 0.25) is 0 Å². The number of likely N-dealkylation sites (tertiary alicyclic amines) is 1. The van der Waals surface area contributed by atoms with Gasteiger partial charge in [-0.05, 0) is 67.2 Å². The third-order valence-electron chi connectivity index (χ3n) is 6.04. The summed E-state index contributed by atoms with van der Waals surface area (Å²) in [4.78, 5) is 27.5. The molecule has 6 heteroatoms. The number of hydrogen-bond acceptors (Lipinski definition) is 3. The Morgan fingerprint density at radius 2 is 1.72 bits per heavy atom. The molecular formula is C26H28ClN3O2. The summed E-state index contributed by atoms with van der Waals surface area (Å²) in [6.07, 6.45) is 4.09. The van der Waals surface area contributed by atoms with Crippen molar-refractivity contribution in [1.29, 1.82) is 0 Å². The molecule has 2 aromatic carbocycles. The quantitative estimate of drug-likeness (QED) is 0.574. The monoisotopic (exact) mass is 449 g/mol. The zero-order chi connectivity index (χ0) is 22.5. The normalized spacial score (nSPS) is 14.9. The highest BCUT2D eigenvalue weighted by Gasteiger charge is 2.16. The maximum Gasteiger partial charge on any atom is 0.257 e. The van der Waals surface area contributed by atoms with Crippen molar-refractivity contribution in [3.63, 3.8) is 0 Å². The minimum Gasteiger partial charge on any atom is -0.322 e. The first-order valence-electron chi connectivity index (χ1n) is 11.0. The SMILES string of the molecule is CC1CCN(Cc2ccc(NC(=O)c3ccc(=O)n(Cc4ccccc4Cl)c3)cc2)CC1. The van der Waals surface area contributed by atoms with E-state index in [9.17, 15) is 9.59 Å². The van der Waals surface area contributed by atoms with Crippen LogP contribution < -0.4 is 10.9 Å². The Balaban J connectivity index is 1.40. The molecule has 166 valence electrons. The van der Waals surface area contributed by atoms with Crippen LogP contribution in [-0.2, 0) is 13.1 Å². The minimum atomic E-state index is -0.254. The molecule has 0 aliphatic carbocycles. The summed E-state index contributed by atoms with van der Waals surface area (Å²) < 4.78 is 1.50. The van der Waals surface area contributed by atoms with E-state index in [-0.39, 0.29) is 11.5 Å². The number of pyridine rings is 1. The number of amides is 1. The van der Waals surface area contributed by atoms with Gasteiger partial charge in [-0.2, -0.15) is 0 Å². The second-order valence-corrected chi connectivity index (χ2v) is 8.99. The van der Waals surface area contributed by atoms with Crippen molar-refractivity contribution in [2.75, 3.05) is 18.4 Å². The van der Waals surface area contributed by atoms with E-state index in [0.717, 1.165) is 36.8 Å². The maximum absolute atomic E-state index is 12.8. The molecule has 1 fully saturated rings. The molecule has 1 aliphatic heterocycles. The van der Waals surface area contributed by atoms with Crippen molar-refractivity contribution in [2.24, 2.45) is 5.92 Å². The maximum atomic E-state index is 12.8. The van der Waals surface area contributed by atoms with Crippen LogP contribution in [0.25, 0.3) is 0 Å². The summed E-state index contributed by atoms with van der Waals surface area (Å²) >= 11 is 6.22. The van der Waals surface area contributed by atoms with Gasteiger partial charge in [-0.25, -0.2) is 0 Å². The highest BCUT2D eigenvalue weighted by Crippen LogP contribution is 2.19. The predicted octanol–water partition coefficient (Wildman–Crippen LogP) is 5.03. The number of aromatic nitrogens is 1. The second-order valence-electron chi connectivity index (χ2n) is 8.59.